The van der Waals surface area contributed by atoms with E-state index in [4.69, 9.17) is 14.6 Å². The third-order valence-electron chi connectivity index (χ3n) is 5.47. The highest BCUT2D eigenvalue weighted by Gasteiger charge is 2.17. The summed E-state index contributed by atoms with van der Waals surface area (Å²) < 4.78 is 13.1. The number of fused-ring (bicyclic) bond motifs is 1. The largest absolute Gasteiger partial charge is 0.490 e. The Kier molecular flexibility index (Phi) is 6.45. The number of rotatable bonds is 8. The van der Waals surface area contributed by atoms with Crippen molar-refractivity contribution in [2.75, 3.05) is 13.2 Å². The molecule has 168 valence electrons. The van der Waals surface area contributed by atoms with Gasteiger partial charge in [0.2, 0.25) is 0 Å². The molecule has 0 unspecified atom stereocenters. The van der Waals surface area contributed by atoms with Gasteiger partial charge in [-0.25, -0.2) is 0 Å². The summed E-state index contributed by atoms with van der Waals surface area (Å²) in [6.45, 7) is 4.64. The molecule has 1 aromatic heterocycles. The summed E-state index contributed by atoms with van der Waals surface area (Å²) in [6.07, 6.45) is -0.0887. The van der Waals surface area contributed by atoms with Crippen LogP contribution in [0.1, 0.15) is 27.2 Å². The summed E-state index contributed by atoms with van der Waals surface area (Å²) in [5.74, 6) is 0.407. The maximum Gasteiger partial charge on any atom is 0.307 e. The Labute approximate surface area is 192 Å². The fourth-order valence-electron chi connectivity index (χ4n) is 3.86. The van der Waals surface area contributed by atoms with Gasteiger partial charge in [-0.15, -0.1) is 0 Å². The molecule has 0 saturated heterocycles. The summed E-state index contributed by atoms with van der Waals surface area (Å²) in [5, 5.41) is 9.95. The molecule has 33 heavy (non-hydrogen) atoms. The van der Waals surface area contributed by atoms with Gasteiger partial charge >= 0.3 is 5.97 Å². The lowest BCUT2D eigenvalue weighted by Crippen LogP contribution is -2.13. The molecule has 3 aromatic carbocycles. The summed E-state index contributed by atoms with van der Waals surface area (Å²) >= 11 is 0. The van der Waals surface area contributed by atoms with Crippen LogP contribution in [-0.2, 0) is 11.2 Å². The summed E-state index contributed by atoms with van der Waals surface area (Å²) in [7, 11) is 0. The van der Waals surface area contributed by atoms with E-state index in [1.54, 1.807) is 41.0 Å². The number of ether oxygens (including phenoxy) is 2. The number of carbonyl (C=O) groups is 2. The molecule has 4 rings (SSSR count). The second kappa shape index (κ2) is 9.61. The van der Waals surface area contributed by atoms with Gasteiger partial charge in [0, 0.05) is 16.6 Å². The third-order valence-corrected chi connectivity index (χ3v) is 5.47. The van der Waals surface area contributed by atoms with E-state index in [9.17, 15) is 9.59 Å². The molecule has 0 amide bonds. The van der Waals surface area contributed by atoms with Gasteiger partial charge in [-0.2, -0.15) is 0 Å². The van der Waals surface area contributed by atoms with E-state index in [2.05, 4.69) is 0 Å². The Morgan fingerprint density at radius 2 is 1.61 bits per heavy atom. The molecule has 0 aliphatic heterocycles. The number of hydrogen-bond donors (Lipinski definition) is 1. The zero-order chi connectivity index (χ0) is 23.4. The van der Waals surface area contributed by atoms with Crippen molar-refractivity contribution in [2.45, 2.75) is 20.3 Å². The first-order chi connectivity index (χ1) is 15.9. The minimum absolute atomic E-state index is 0.0887. The monoisotopic (exact) mass is 443 g/mol. The average Bonchev–Trinajstić information content (AvgIpc) is 3.14. The second-order valence-electron chi connectivity index (χ2n) is 7.83. The third kappa shape index (κ3) is 4.90. The fourth-order valence-corrected chi connectivity index (χ4v) is 3.86. The van der Waals surface area contributed by atoms with Crippen molar-refractivity contribution < 1.29 is 24.2 Å². The molecule has 0 aliphatic rings. The molecule has 0 saturated carbocycles. The Morgan fingerprint density at radius 1 is 0.879 bits per heavy atom. The number of hydrogen-bond acceptors (Lipinski definition) is 4. The molecule has 0 aliphatic carbocycles. The number of nitrogens with zero attached hydrogens (tertiary/aromatic N) is 1. The molecule has 1 heterocycles. The maximum atomic E-state index is 13.2. The number of para-hydroxylation sites is 1. The molecular weight excluding hydrogens is 418 g/mol. The van der Waals surface area contributed by atoms with Crippen molar-refractivity contribution in [3.63, 3.8) is 0 Å². The number of benzene rings is 3. The van der Waals surface area contributed by atoms with Crippen LogP contribution in [0, 0.1) is 13.8 Å². The highest BCUT2D eigenvalue weighted by molar-refractivity contribution is 6.04. The van der Waals surface area contributed by atoms with Crippen LogP contribution in [0.15, 0.2) is 72.8 Å². The predicted molar refractivity (Wildman–Crippen MR) is 126 cm³/mol. The summed E-state index contributed by atoms with van der Waals surface area (Å²) in [6, 6.07) is 22.0. The molecular formula is C27H25NO5. The van der Waals surface area contributed by atoms with Gasteiger partial charge in [0.1, 0.15) is 24.7 Å². The second-order valence-corrected chi connectivity index (χ2v) is 7.83. The number of carboxylic acids is 1. The molecule has 1 N–H and O–H groups in total. The molecule has 6 heteroatoms. The van der Waals surface area contributed by atoms with E-state index in [-0.39, 0.29) is 12.3 Å². The Morgan fingerprint density at radius 3 is 2.33 bits per heavy atom. The highest BCUT2D eigenvalue weighted by Crippen LogP contribution is 2.25. The van der Waals surface area contributed by atoms with E-state index in [1.807, 2.05) is 50.2 Å². The van der Waals surface area contributed by atoms with E-state index in [1.165, 1.54) is 0 Å². The molecule has 0 fully saturated rings. The zero-order valence-corrected chi connectivity index (χ0v) is 18.6. The smallest absolute Gasteiger partial charge is 0.307 e. The lowest BCUT2D eigenvalue weighted by atomic mass is 10.1. The Hall–Kier alpha value is -4.06. The van der Waals surface area contributed by atoms with E-state index < -0.39 is 5.97 Å². The van der Waals surface area contributed by atoms with Crippen LogP contribution in [0.5, 0.6) is 11.5 Å². The summed E-state index contributed by atoms with van der Waals surface area (Å²) in [5.41, 5.74) is 3.73. The molecule has 4 aromatic rings. The van der Waals surface area contributed by atoms with Crippen molar-refractivity contribution in [3.8, 4) is 11.5 Å². The van der Waals surface area contributed by atoms with Crippen LogP contribution in [0.4, 0.5) is 0 Å². The number of aryl methyl sites for hydroxylation is 2. The molecule has 0 atom stereocenters. The zero-order valence-electron chi connectivity index (χ0n) is 18.6. The Balaban J connectivity index is 1.44. The maximum absolute atomic E-state index is 13.2. The first-order valence-electron chi connectivity index (χ1n) is 10.7. The van der Waals surface area contributed by atoms with Crippen molar-refractivity contribution in [1.82, 2.24) is 4.57 Å². The predicted octanol–water partition coefficient (Wildman–Crippen LogP) is 5.03. The van der Waals surface area contributed by atoms with Gasteiger partial charge < -0.3 is 14.6 Å². The highest BCUT2D eigenvalue weighted by atomic mass is 16.5. The van der Waals surface area contributed by atoms with Gasteiger partial charge in [0.15, 0.2) is 0 Å². The van der Waals surface area contributed by atoms with Crippen molar-refractivity contribution >= 4 is 22.8 Å². The van der Waals surface area contributed by atoms with Crippen molar-refractivity contribution in [3.05, 3.63) is 95.2 Å². The average molecular weight is 443 g/mol. The molecule has 0 bridgehead atoms. The van der Waals surface area contributed by atoms with Gasteiger partial charge in [0.05, 0.1) is 11.9 Å². The topological polar surface area (TPSA) is 77.8 Å². The lowest BCUT2D eigenvalue weighted by Gasteiger charge is -2.11. The van der Waals surface area contributed by atoms with Crippen LogP contribution >= 0.6 is 0 Å². The quantitative estimate of drug-likeness (QED) is 0.387. The van der Waals surface area contributed by atoms with Crippen LogP contribution in [0.2, 0.25) is 0 Å². The number of carbonyl (C=O) groups excluding carboxylic acids is 1. The van der Waals surface area contributed by atoms with Gasteiger partial charge in [-0.05, 0) is 67.4 Å². The SMILES string of the molecule is Cc1ccccc1OCCOc1ccc(C(=O)n2c(C)cc3c(CC(=O)O)cccc32)cc1. The normalized spacial score (nSPS) is 10.8. The Bertz CT molecular complexity index is 1300. The van der Waals surface area contributed by atoms with Gasteiger partial charge in [-0.3, -0.25) is 14.2 Å². The number of aromatic nitrogens is 1. The minimum atomic E-state index is -0.904. The van der Waals surface area contributed by atoms with Crippen LogP contribution in [0.25, 0.3) is 10.9 Å². The first kappa shape index (κ1) is 22.1. The standard InChI is InChI=1S/C27H25NO5/c1-18-6-3-4-9-25(18)33-15-14-32-22-12-10-20(11-13-22)27(31)28-19(2)16-23-21(17-26(29)30)7-5-8-24(23)28/h3-13,16H,14-15,17H2,1-2H3,(H,29,30). The van der Waals surface area contributed by atoms with E-state index >= 15 is 0 Å². The van der Waals surface area contributed by atoms with Gasteiger partial charge in [0.25, 0.3) is 5.91 Å². The van der Waals surface area contributed by atoms with E-state index in [0.717, 1.165) is 22.4 Å². The van der Waals surface area contributed by atoms with Gasteiger partial charge in [-0.1, -0.05) is 30.3 Å². The van der Waals surface area contributed by atoms with Crippen LogP contribution < -0.4 is 9.47 Å². The first-order valence-corrected chi connectivity index (χ1v) is 10.7. The van der Waals surface area contributed by atoms with Crippen LogP contribution in [0.3, 0.4) is 0 Å². The van der Waals surface area contributed by atoms with Crippen molar-refractivity contribution in [2.24, 2.45) is 0 Å². The molecule has 0 radical (unpaired) electrons. The number of aliphatic carboxylic acids is 1. The molecule has 6 nitrogen and oxygen atoms in total. The summed E-state index contributed by atoms with van der Waals surface area (Å²) in [4.78, 5) is 24.4. The van der Waals surface area contributed by atoms with Crippen molar-refractivity contribution in [1.29, 1.82) is 0 Å². The molecule has 0 spiro atoms. The lowest BCUT2D eigenvalue weighted by molar-refractivity contribution is -0.136. The fraction of sp³-hybridized carbons (Fsp3) is 0.185. The van der Waals surface area contributed by atoms with Crippen LogP contribution in [-0.4, -0.2) is 34.8 Å². The number of carboxylic acid groups (broad SMARTS) is 1. The van der Waals surface area contributed by atoms with E-state index in [0.29, 0.717) is 35.6 Å². The minimum Gasteiger partial charge on any atom is -0.490 e.